The summed E-state index contributed by atoms with van der Waals surface area (Å²) in [6, 6.07) is 10.2. The monoisotopic (exact) mass is 285 g/mol. The van der Waals surface area contributed by atoms with Crippen LogP contribution in [0.1, 0.15) is 18.5 Å². The second kappa shape index (κ2) is 5.54. The number of aromatic nitrogens is 1. The van der Waals surface area contributed by atoms with E-state index in [2.05, 4.69) is 22.5 Å². The van der Waals surface area contributed by atoms with Gasteiger partial charge in [0.2, 0.25) is 5.91 Å². The Morgan fingerprint density at radius 3 is 2.90 bits per heavy atom. The number of rotatable bonds is 3. The van der Waals surface area contributed by atoms with Gasteiger partial charge in [-0.3, -0.25) is 9.78 Å². The second-order valence-electron chi connectivity index (χ2n) is 4.69. The number of fused-ring (bicyclic) bond motifs is 1. The summed E-state index contributed by atoms with van der Waals surface area (Å²) >= 11 is 1.57. The Bertz CT molecular complexity index is 630. The molecule has 1 aromatic carbocycles. The van der Waals surface area contributed by atoms with Crippen LogP contribution in [-0.4, -0.2) is 16.6 Å². The zero-order valence-corrected chi connectivity index (χ0v) is 11.9. The molecule has 0 fully saturated rings. The molecular weight excluding hydrogens is 270 g/mol. The van der Waals surface area contributed by atoms with Gasteiger partial charge in [0.25, 0.3) is 0 Å². The van der Waals surface area contributed by atoms with E-state index in [9.17, 15) is 4.79 Å². The van der Waals surface area contributed by atoms with Crippen molar-refractivity contribution in [3.8, 4) is 0 Å². The molecular formula is C15H15N3OS. The predicted octanol–water partition coefficient (Wildman–Crippen LogP) is 3.30. The Hall–Kier alpha value is -2.01. The standard InChI is InChI=1S/C15H15N3OS/c1-10(11-4-6-16-7-5-11)17-12-2-3-14-13(8-12)18-15(19)9-20-14/h2-8,10,17H,9H2,1H3,(H,18,19). The normalized spacial score (nSPS) is 15.2. The Labute approximate surface area is 122 Å². The lowest BCUT2D eigenvalue weighted by Gasteiger charge is -2.20. The quantitative estimate of drug-likeness (QED) is 0.908. The highest BCUT2D eigenvalue weighted by atomic mass is 32.2. The summed E-state index contributed by atoms with van der Waals surface area (Å²) in [6.07, 6.45) is 3.58. The van der Waals surface area contributed by atoms with Crippen molar-refractivity contribution in [3.05, 3.63) is 48.3 Å². The lowest BCUT2D eigenvalue weighted by Crippen LogP contribution is -2.18. The minimum atomic E-state index is 0.0573. The zero-order chi connectivity index (χ0) is 13.9. The van der Waals surface area contributed by atoms with Crippen molar-refractivity contribution in [2.45, 2.75) is 17.9 Å². The minimum absolute atomic E-state index is 0.0573. The molecule has 2 aromatic rings. The van der Waals surface area contributed by atoms with E-state index in [0.29, 0.717) is 5.75 Å². The molecule has 20 heavy (non-hydrogen) atoms. The number of benzene rings is 1. The molecule has 1 aliphatic heterocycles. The molecule has 102 valence electrons. The third-order valence-electron chi connectivity index (χ3n) is 3.20. The van der Waals surface area contributed by atoms with E-state index < -0.39 is 0 Å². The van der Waals surface area contributed by atoms with Crippen LogP contribution in [0, 0.1) is 0 Å². The zero-order valence-electron chi connectivity index (χ0n) is 11.1. The average Bonchev–Trinajstić information content (AvgIpc) is 2.47. The van der Waals surface area contributed by atoms with E-state index in [1.165, 1.54) is 5.56 Å². The Morgan fingerprint density at radius 2 is 2.10 bits per heavy atom. The van der Waals surface area contributed by atoms with Gasteiger partial charge >= 0.3 is 0 Å². The van der Waals surface area contributed by atoms with Crippen molar-refractivity contribution >= 4 is 29.0 Å². The number of pyridine rings is 1. The molecule has 2 N–H and O–H groups in total. The second-order valence-corrected chi connectivity index (χ2v) is 5.71. The first-order chi connectivity index (χ1) is 9.72. The van der Waals surface area contributed by atoms with Crippen LogP contribution in [0.3, 0.4) is 0 Å². The Morgan fingerprint density at radius 1 is 1.30 bits per heavy atom. The van der Waals surface area contributed by atoms with Gasteiger partial charge in [-0.2, -0.15) is 0 Å². The number of nitrogens with zero attached hydrogens (tertiary/aromatic N) is 1. The molecule has 3 rings (SSSR count). The number of amides is 1. The van der Waals surface area contributed by atoms with Crippen LogP contribution in [0.15, 0.2) is 47.6 Å². The smallest absolute Gasteiger partial charge is 0.234 e. The van der Waals surface area contributed by atoms with Gasteiger partial charge in [-0.05, 0) is 42.8 Å². The summed E-state index contributed by atoms with van der Waals surface area (Å²) in [7, 11) is 0. The molecule has 0 bridgehead atoms. The topological polar surface area (TPSA) is 54.0 Å². The molecule has 0 saturated carbocycles. The first kappa shape index (κ1) is 13.0. The molecule has 1 atom stereocenters. The summed E-state index contributed by atoms with van der Waals surface area (Å²) in [6.45, 7) is 2.10. The van der Waals surface area contributed by atoms with Crippen LogP contribution in [0.5, 0.6) is 0 Å². The fraction of sp³-hybridized carbons (Fsp3) is 0.200. The maximum atomic E-state index is 11.4. The fourth-order valence-electron chi connectivity index (χ4n) is 2.16. The van der Waals surface area contributed by atoms with Crippen LogP contribution < -0.4 is 10.6 Å². The lowest BCUT2D eigenvalue weighted by atomic mass is 10.1. The van der Waals surface area contributed by atoms with Crippen molar-refractivity contribution in [3.63, 3.8) is 0 Å². The van der Waals surface area contributed by atoms with Crippen molar-refractivity contribution in [1.82, 2.24) is 4.98 Å². The molecule has 0 radical (unpaired) electrons. The highest BCUT2D eigenvalue weighted by Gasteiger charge is 2.15. The number of carbonyl (C=O) groups is 1. The third kappa shape index (κ3) is 2.77. The third-order valence-corrected chi connectivity index (χ3v) is 4.28. The number of anilines is 2. The Kier molecular flexibility index (Phi) is 3.60. The van der Waals surface area contributed by atoms with Crippen LogP contribution in [0.2, 0.25) is 0 Å². The van der Waals surface area contributed by atoms with Crippen LogP contribution in [0.25, 0.3) is 0 Å². The summed E-state index contributed by atoms with van der Waals surface area (Å²) in [5, 5.41) is 6.34. The van der Waals surface area contributed by atoms with Crippen LogP contribution in [0.4, 0.5) is 11.4 Å². The van der Waals surface area contributed by atoms with Gasteiger partial charge in [-0.1, -0.05) is 0 Å². The van der Waals surface area contributed by atoms with Crippen LogP contribution in [-0.2, 0) is 4.79 Å². The number of hydrogen-bond donors (Lipinski definition) is 2. The number of hydrogen-bond acceptors (Lipinski definition) is 4. The van der Waals surface area contributed by atoms with Gasteiger partial charge < -0.3 is 10.6 Å². The predicted molar refractivity (Wildman–Crippen MR) is 82.1 cm³/mol. The molecule has 4 nitrogen and oxygen atoms in total. The minimum Gasteiger partial charge on any atom is -0.378 e. The van der Waals surface area contributed by atoms with Gasteiger partial charge in [0, 0.05) is 29.0 Å². The van der Waals surface area contributed by atoms with Crippen LogP contribution >= 0.6 is 11.8 Å². The maximum Gasteiger partial charge on any atom is 0.234 e. The average molecular weight is 285 g/mol. The molecule has 1 unspecified atom stereocenters. The SMILES string of the molecule is CC(Nc1ccc2c(c1)NC(=O)CS2)c1ccncc1. The maximum absolute atomic E-state index is 11.4. The summed E-state index contributed by atoms with van der Waals surface area (Å²) < 4.78 is 0. The van der Waals surface area contributed by atoms with E-state index in [0.717, 1.165) is 16.3 Å². The van der Waals surface area contributed by atoms with Gasteiger partial charge in [0.1, 0.15) is 0 Å². The van der Waals surface area contributed by atoms with Gasteiger partial charge in [-0.25, -0.2) is 0 Å². The molecule has 0 aliphatic carbocycles. The number of nitrogens with one attached hydrogen (secondary N) is 2. The summed E-state index contributed by atoms with van der Waals surface area (Å²) in [5.41, 5.74) is 3.06. The van der Waals surface area contributed by atoms with Gasteiger partial charge in [0.15, 0.2) is 0 Å². The summed E-state index contributed by atoms with van der Waals surface area (Å²) in [4.78, 5) is 16.6. The van der Waals surface area contributed by atoms with Gasteiger partial charge in [-0.15, -0.1) is 11.8 Å². The highest BCUT2D eigenvalue weighted by Crippen LogP contribution is 2.34. The first-order valence-corrected chi connectivity index (χ1v) is 7.44. The van der Waals surface area contributed by atoms with Crippen molar-refractivity contribution in [2.75, 3.05) is 16.4 Å². The van der Waals surface area contributed by atoms with E-state index in [-0.39, 0.29) is 11.9 Å². The van der Waals surface area contributed by atoms with E-state index >= 15 is 0 Å². The first-order valence-electron chi connectivity index (χ1n) is 6.45. The molecule has 1 amide bonds. The Balaban J connectivity index is 1.78. The van der Waals surface area contributed by atoms with E-state index in [1.54, 1.807) is 24.2 Å². The van der Waals surface area contributed by atoms with Crippen molar-refractivity contribution in [2.24, 2.45) is 0 Å². The molecule has 1 aromatic heterocycles. The van der Waals surface area contributed by atoms with Crippen molar-refractivity contribution < 1.29 is 4.79 Å². The summed E-state index contributed by atoms with van der Waals surface area (Å²) in [5.74, 6) is 0.550. The van der Waals surface area contributed by atoms with Crippen molar-refractivity contribution in [1.29, 1.82) is 0 Å². The lowest BCUT2D eigenvalue weighted by molar-refractivity contribution is -0.113. The number of carbonyl (C=O) groups excluding carboxylic acids is 1. The molecule has 2 heterocycles. The molecule has 1 aliphatic rings. The van der Waals surface area contributed by atoms with E-state index in [1.807, 2.05) is 30.3 Å². The molecule has 0 saturated heterocycles. The molecule has 0 spiro atoms. The fourth-order valence-corrected chi connectivity index (χ4v) is 2.95. The van der Waals surface area contributed by atoms with E-state index in [4.69, 9.17) is 0 Å². The highest BCUT2D eigenvalue weighted by molar-refractivity contribution is 8.00. The number of thioether (sulfide) groups is 1. The van der Waals surface area contributed by atoms with Gasteiger partial charge in [0.05, 0.1) is 11.4 Å². The largest absolute Gasteiger partial charge is 0.378 e. The molecule has 5 heteroatoms.